The molecule has 0 bridgehead atoms. The lowest BCUT2D eigenvalue weighted by molar-refractivity contribution is -0.130. The smallest absolute Gasteiger partial charge is 0.233 e. The number of hydrogen-bond donors (Lipinski definition) is 0. The van der Waals surface area contributed by atoms with Crippen LogP contribution in [0.3, 0.4) is 0 Å². The van der Waals surface area contributed by atoms with Crippen molar-refractivity contribution in [3.05, 3.63) is 36.7 Å². The van der Waals surface area contributed by atoms with Crippen molar-refractivity contribution in [1.82, 2.24) is 19.9 Å². The molecule has 0 radical (unpaired) electrons. The highest BCUT2D eigenvalue weighted by Crippen LogP contribution is 2.37. The van der Waals surface area contributed by atoms with Crippen molar-refractivity contribution >= 4 is 60.3 Å². The van der Waals surface area contributed by atoms with Gasteiger partial charge in [0, 0.05) is 23.9 Å². The Morgan fingerprint density at radius 3 is 2.83 bits per heavy atom. The van der Waals surface area contributed by atoms with Crippen LogP contribution in [-0.2, 0) is 4.79 Å². The summed E-state index contributed by atoms with van der Waals surface area (Å²) >= 11 is 3.12. The molecule has 0 N–H and O–H groups in total. The number of thioether (sulfide) groups is 1. The summed E-state index contributed by atoms with van der Waals surface area (Å²) in [6.45, 7) is 6.18. The van der Waals surface area contributed by atoms with Gasteiger partial charge in [0.15, 0.2) is 0 Å². The predicted molar refractivity (Wildman–Crippen MR) is 120 cm³/mol. The molecule has 2 atom stereocenters. The number of fused-ring (bicyclic) bond motifs is 4. The van der Waals surface area contributed by atoms with Crippen LogP contribution in [0.1, 0.15) is 20.3 Å². The van der Waals surface area contributed by atoms with E-state index < -0.39 is 0 Å². The number of nitrogens with zero attached hydrogens (tertiary/aromatic N) is 4. The summed E-state index contributed by atoms with van der Waals surface area (Å²) in [5.74, 6) is 1.75. The number of hydrogen-bond acceptors (Lipinski definition) is 6. The number of rotatable bonds is 3. The molecule has 1 amide bonds. The standard InChI is InChI=1S/C22H22N4OS2/c1-13-7-14(2)10-26(9-13)18(27)11-28-22-20-19(23-12-24-22)16-8-15-5-3-4-6-17(15)25-21(16)29-20/h3-6,8,12-14H,7,9-11H2,1-2H3/t13-,14+. The number of likely N-dealkylation sites (tertiary alicyclic amines) is 1. The minimum absolute atomic E-state index is 0.199. The van der Waals surface area contributed by atoms with Gasteiger partial charge in [0.2, 0.25) is 5.91 Å². The van der Waals surface area contributed by atoms with Crippen LogP contribution >= 0.6 is 23.1 Å². The van der Waals surface area contributed by atoms with Crippen molar-refractivity contribution in [2.75, 3.05) is 18.8 Å². The maximum atomic E-state index is 12.8. The Bertz CT molecular complexity index is 1210. The van der Waals surface area contributed by atoms with Crippen LogP contribution in [0, 0.1) is 11.8 Å². The number of thiophene rings is 1. The molecule has 3 aromatic heterocycles. The van der Waals surface area contributed by atoms with E-state index >= 15 is 0 Å². The number of pyridine rings is 1. The average molecular weight is 423 g/mol. The number of piperidine rings is 1. The lowest BCUT2D eigenvalue weighted by Crippen LogP contribution is -2.43. The number of amides is 1. The zero-order valence-electron chi connectivity index (χ0n) is 16.5. The molecule has 1 aliphatic rings. The van der Waals surface area contributed by atoms with Crippen LogP contribution in [0.15, 0.2) is 41.7 Å². The minimum atomic E-state index is 0.199. The third kappa shape index (κ3) is 3.57. The summed E-state index contributed by atoms with van der Waals surface area (Å²) in [5.41, 5.74) is 1.91. The molecule has 0 saturated carbocycles. The first-order chi connectivity index (χ1) is 14.1. The molecule has 0 spiro atoms. The van der Waals surface area contributed by atoms with E-state index in [0.29, 0.717) is 17.6 Å². The molecule has 1 saturated heterocycles. The zero-order valence-corrected chi connectivity index (χ0v) is 18.1. The molecule has 4 aromatic rings. The Kier molecular flexibility index (Phi) is 4.87. The van der Waals surface area contributed by atoms with Gasteiger partial charge >= 0.3 is 0 Å². The highest BCUT2D eigenvalue weighted by Gasteiger charge is 2.25. The van der Waals surface area contributed by atoms with Crippen LogP contribution in [-0.4, -0.2) is 44.6 Å². The largest absolute Gasteiger partial charge is 0.341 e. The van der Waals surface area contributed by atoms with Crippen molar-refractivity contribution in [3.63, 3.8) is 0 Å². The van der Waals surface area contributed by atoms with Crippen LogP contribution < -0.4 is 0 Å². The second-order valence-electron chi connectivity index (χ2n) is 8.03. The molecule has 5 nitrogen and oxygen atoms in total. The monoisotopic (exact) mass is 422 g/mol. The molecule has 148 valence electrons. The van der Waals surface area contributed by atoms with Crippen molar-refractivity contribution in [2.24, 2.45) is 11.8 Å². The Morgan fingerprint density at radius 1 is 1.21 bits per heavy atom. The van der Waals surface area contributed by atoms with E-state index in [0.717, 1.165) is 49.5 Å². The molecule has 0 aliphatic carbocycles. The highest BCUT2D eigenvalue weighted by atomic mass is 32.2. The van der Waals surface area contributed by atoms with E-state index in [9.17, 15) is 4.79 Å². The first-order valence-electron chi connectivity index (χ1n) is 9.92. The van der Waals surface area contributed by atoms with E-state index in [-0.39, 0.29) is 5.91 Å². The van der Waals surface area contributed by atoms with E-state index in [1.165, 1.54) is 18.2 Å². The lowest BCUT2D eigenvalue weighted by Gasteiger charge is -2.35. The quantitative estimate of drug-likeness (QED) is 0.344. The van der Waals surface area contributed by atoms with Crippen molar-refractivity contribution in [2.45, 2.75) is 25.3 Å². The molecule has 1 aromatic carbocycles. The molecular formula is C22H22N4OS2. The topological polar surface area (TPSA) is 59.0 Å². The van der Waals surface area contributed by atoms with Gasteiger partial charge in [-0.15, -0.1) is 11.3 Å². The molecule has 1 fully saturated rings. The molecule has 1 aliphatic heterocycles. The summed E-state index contributed by atoms with van der Waals surface area (Å²) in [6.07, 6.45) is 2.80. The van der Waals surface area contributed by atoms with Gasteiger partial charge in [-0.2, -0.15) is 0 Å². The van der Waals surface area contributed by atoms with Gasteiger partial charge in [-0.25, -0.2) is 15.0 Å². The van der Waals surface area contributed by atoms with Gasteiger partial charge in [0.25, 0.3) is 0 Å². The first kappa shape index (κ1) is 18.8. The molecular weight excluding hydrogens is 400 g/mol. The van der Waals surface area contributed by atoms with E-state index in [2.05, 4.69) is 35.9 Å². The number of carbonyl (C=O) groups excluding carboxylic acids is 1. The van der Waals surface area contributed by atoms with E-state index in [1.54, 1.807) is 17.7 Å². The second-order valence-corrected chi connectivity index (χ2v) is 9.99. The Morgan fingerprint density at radius 2 is 2.00 bits per heavy atom. The summed E-state index contributed by atoms with van der Waals surface area (Å²) in [7, 11) is 0. The van der Waals surface area contributed by atoms with Gasteiger partial charge in [-0.1, -0.05) is 43.8 Å². The molecule has 29 heavy (non-hydrogen) atoms. The number of benzene rings is 1. The van der Waals surface area contributed by atoms with Gasteiger partial charge in [0.05, 0.1) is 21.5 Å². The fourth-order valence-electron chi connectivity index (χ4n) is 4.27. The number of para-hydroxylation sites is 1. The molecule has 5 rings (SSSR count). The number of aromatic nitrogens is 3. The molecule has 4 heterocycles. The third-order valence-corrected chi connectivity index (χ3v) is 7.67. The van der Waals surface area contributed by atoms with Crippen molar-refractivity contribution in [1.29, 1.82) is 0 Å². The SMILES string of the molecule is C[C@@H]1C[C@H](C)CN(C(=O)CSc2ncnc3c2sc2nc4ccccc4cc23)C1. The van der Waals surface area contributed by atoms with Crippen LogP contribution in [0.5, 0.6) is 0 Å². The normalized spacial score (nSPS) is 20.0. The Balaban J connectivity index is 1.44. The van der Waals surface area contributed by atoms with E-state index in [4.69, 9.17) is 4.98 Å². The zero-order chi connectivity index (χ0) is 20.0. The lowest BCUT2D eigenvalue weighted by atomic mass is 9.92. The summed E-state index contributed by atoms with van der Waals surface area (Å²) in [6, 6.07) is 10.3. The van der Waals surface area contributed by atoms with E-state index in [1.807, 2.05) is 23.1 Å². The van der Waals surface area contributed by atoms with Gasteiger partial charge < -0.3 is 4.90 Å². The van der Waals surface area contributed by atoms with Crippen LogP contribution in [0.4, 0.5) is 0 Å². The Hall–Kier alpha value is -2.25. The van der Waals surface area contributed by atoms with Gasteiger partial charge in [0.1, 0.15) is 16.2 Å². The highest BCUT2D eigenvalue weighted by molar-refractivity contribution is 8.00. The maximum Gasteiger partial charge on any atom is 0.233 e. The maximum absolute atomic E-state index is 12.8. The predicted octanol–water partition coefficient (Wildman–Crippen LogP) is 4.99. The van der Waals surface area contributed by atoms with Gasteiger partial charge in [-0.05, 0) is 30.4 Å². The average Bonchev–Trinajstić information content (AvgIpc) is 3.07. The minimum Gasteiger partial charge on any atom is -0.341 e. The summed E-state index contributed by atoms with van der Waals surface area (Å²) < 4.78 is 1.02. The van der Waals surface area contributed by atoms with Crippen LogP contribution in [0.25, 0.3) is 31.3 Å². The summed E-state index contributed by atoms with van der Waals surface area (Å²) in [4.78, 5) is 29.6. The van der Waals surface area contributed by atoms with Crippen molar-refractivity contribution < 1.29 is 4.79 Å². The second kappa shape index (κ2) is 7.54. The molecule has 7 heteroatoms. The first-order valence-corrected chi connectivity index (χ1v) is 11.7. The fourth-order valence-corrected chi connectivity index (χ4v) is 6.37. The third-order valence-electron chi connectivity index (χ3n) is 5.47. The van der Waals surface area contributed by atoms with Crippen LogP contribution in [0.2, 0.25) is 0 Å². The fraction of sp³-hybridized carbons (Fsp3) is 0.364. The molecule has 0 unspecified atom stereocenters. The number of carbonyl (C=O) groups is 1. The van der Waals surface area contributed by atoms with Gasteiger partial charge in [-0.3, -0.25) is 4.79 Å². The van der Waals surface area contributed by atoms with Crippen molar-refractivity contribution in [3.8, 4) is 0 Å². The summed E-state index contributed by atoms with van der Waals surface area (Å²) in [5, 5.41) is 3.03. The Labute approximate surface area is 177 Å².